The van der Waals surface area contributed by atoms with E-state index in [9.17, 15) is 4.79 Å². The highest BCUT2D eigenvalue weighted by molar-refractivity contribution is 6.00. The van der Waals surface area contributed by atoms with E-state index in [1.54, 1.807) is 7.11 Å². The number of benzene rings is 1. The van der Waals surface area contributed by atoms with Gasteiger partial charge in [-0.25, -0.2) is 0 Å². The van der Waals surface area contributed by atoms with Crippen molar-refractivity contribution in [2.75, 3.05) is 20.7 Å². The van der Waals surface area contributed by atoms with E-state index in [0.29, 0.717) is 23.9 Å². The standard InChI is InChI=1S/C16H23NO2/c1-12-8-9-14(16(10-12)19-3)15(18)11-17(2)13-6-4-5-7-13/h8-10,13H,4-7,11H2,1-3H3. The van der Waals surface area contributed by atoms with E-state index in [1.165, 1.54) is 25.7 Å². The van der Waals surface area contributed by atoms with E-state index < -0.39 is 0 Å². The molecule has 0 aliphatic heterocycles. The molecule has 1 aromatic rings. The summed E-state index contributed by atoms with van der Waals surface area (Å²) in [5.74, 6) is 0.830. The van der Waals surface area contributed by atoms with Crippen molar-refractivity contribution < 1.29 is 9.53 Å². The van der Waals surface area contributed by atoms with Gasteiger partial charge in [-0.1, -0.05) is 18.9 Å². The molecular formula is C16H23NO2. The molecule has 0 atom stereocenters. The summed E-state index contributed by atoms with van der Waals surface area (Å²) in [7, 11) is 3.67. The zero-order valence-electron chi connectivity index (χ0n) is 12.1. The van der Waals surface area contributed by atoms with Gasteiger partial charge in [-0.05, 0) is 44.5 Å². The molecule has 0 heterocycles. The molecule has 1 aromatic carbocycles. The van der Waals surface area contributed by atoms with Crippen molar-refractivity contribution in [1.29, 1.82) is 0 Å². The number of rotatable bonds is 5. The van der Waals surface area contributed by atoms with Crippen LogP contribution in [-0.4, -0.2) is 37.4 Å². The third-order valence-corrected chi connectivity index (χ3v) is 4.00. The smallest absolute Gasteiger partial charge is 0.180 e. The largest absolute Gasteiger partial charge is 0.496 e. The Hall–Kier alpha value is -1.35. The number of carbonyl (C=O) groups excluding carboxylic acids is 1. The molecule has 0 aromatic heterocycles. The molecule has 1 aliphatic rings. The van der Waals surface area contributed by atoms with Crippen LogP contribution in [0.3, 0.4) is 0 Å². The normalized spacial score (nSPS) is 16.0. The van der Waals surface area contributed by atoms with E-state index in [-0.39, 0.29) is 5.78 Å². The zero-order valence-corrected chi connectivity index (χ0v) is 12.1. The molecule has 1 fully saturated rings. The quantitative estimate of drug-likeness (QED) is 0.763. The van der Waals surface area contributed by atoms with Gasteiger partial charge in [0.25, 0.3) is 0 Å². The zero-order chi connectivity index (χ0) is 13.8. The molecule has 0 bridgehead atoms. The molecule has 0 amide bonds. The Labute approximate surface area is 115 Å². The summed E-state index contributed by atoms with van der Waals surface area (Å²) in [6.07, 6.45) is 5.01. The molecule has 0 N–H and O–H groups in total. The van der Waals surface area contributed by atoms with Gasteiger partial charge in [-0.3, -0.25) is 9.69 Å². The maximum absolute atomic E-state index is 12.4. The summed E-state index contributed by atoms with van der Waals surface area (Å²) >= 11 is 0. The minimum Gasteiger partial charge on any atom is -0.496 e. The minimum atomic E-state index is 0.145. The van der Waals surface area contributed by atoms with Crippen LogP contribution in [-0.2, 0) is 0 Å². The third-order valence-electron chi connectivity index (χ3n) is 4.00. The van der Waals surface area contributed by atoms with Crippen LogP contribution in [0.1, 0.15) is 41.6 Å². The van der Waals surface area contributed by atoms with Gasteiger partial charge in [0.05, 0.1) is 19.2 Å². The summed E-state index contributed by atoms with van der Waals surface area (Å²) in [4.78, 5) is 14.6. The van der Waals surface area contributed by atoms with E-state index in [1.807, 2.05) is 25.1 Å². The predicted molar refractivity (Wildman–Crippen MR) is 76.9 cm³/mol. The van der Waals surface area contributed by atoms with E-state index in [0.717, 1.165) is 5.56 Å². The molecule has 1 aliphatic carbocycles. The van der Waals surface area contributed by atoms with Crippen molar-refractivity contribution in [1.82, 2.24) is 4.90 Å². The lowest BCUT2D eigenvalue weighted by atomic mass is 10.1. The Balaban J connectivity index is 2.06. The average molecular weight is 261 g/mol. The lowest BCUT2D eigenvalue weighted by molar-refractivity contribution is 0.0918. The van der Waals surface area contributed by atoms with Crippen LogP contribution in [0.15, 0.2) is 18.2 Å². The molecule has 3 heteroatoms. The second-order valence-electron chi connectivity index (χ2n) is 5.48. The van der Waals surface area contributed by atoms with Gasteiger partial charge >= 0.3 is 0 Å². The summed E-state index contributed by atoms with van der Waals surface area (Å²) in [5.41, 5.74) is 1.80. The fourth-order valence-corrected chi connectivity index (χ4v) is 2.81. The number of nitrogens with zero attached hydrogens (tertiary/aromatic N) is 1. The average Bonchev–Trinajstić information content (AvgIpc) is 2.92. The Kier molecular flexibility index (Phi) is 4.59. The van der Waals surface area contributed by atoms with E-state index in [4.69, 9.17) is 4.74 Å². The lowest BCUT2D eigenvalue weighted by Gasteiger charge is -2.23. The van der Waals surface area contributed by atoms with Crippen LogP contribution in [0, 0.1) is 6.92 Å². The first-order valence-electron chi connectivity index (χ1n) is 7.00. The molecule has 0 unspecified atom stereocenters. The number of hydrogen-bond donors (Lipinski definition) is 0. The molecule has 0 radical (unpaired) electrons. The highest BCUT2D eigenvalue weighted by atomic mass is 16.5. The maximum atomic E-state index is 12.4. The van der Waals surface area contributed by atoms with Gasteiger partial charge in [0, 0.05) is 6.04 Å². The highest BCUT2D eigenvalue weighted by Gasteiger charge is 2.22. The van der Waals surface area contributed by atoms with Gasteiger partial charge in [-0.15, -0.1) is 0 Å². The fourth-order valence-electron chi connectivity index (χ4n) is 2.81. The van der Waals surface area contributed by atoms with Crippen LogP contribution in [0.5, 0.6) is 5.75 Å². The van der Waals surface area contributed by atoms with E-state index >= 15 is 0 Å². The Morgan fingerprint density at radius 3 is 2.68 bits per heavy atom. The fraction of sp³-hybridized carbons (Fsp3) is 0.562. The van der Waals surface area contributed by atoms with Crippen LogP contribution in [0.2, 0.25) is 0 Å². The highest BCUT2D eigenvalue weighted by Crippen LogP contribution is 2.24. The Morgan fingerprint density at radius 1 is 1.37 bits per heavy atom. The van der Waals surface area contributed by atoms with Crippen LogP contribution < -0.4 is 4.74 Å². The second-order valence-corrected chi connectivity index (χ2v) is 5.48. The molecular weight excluding hydrogens is 238 g/mol. The van der Waals surface area contributed by atoms with Gasteiger partial charge in [0.15, 0.2) is 5.78 Å². The molecule has 0 saturated heterocycles. The first-order chi connectivity index (χ1) is 9.11. The number of aryl methyl sites for hydroxylation is 1. The number of likely N-dealkylation sites (N-methyl/N-ethyl adjacent to an activating group) is 1. The van der Waals surface area contributed by atoms with Crippen LogP contribution in [0.25, 0.3) is 0 Å². The van der Waals surface area contributed by atoms with Crippen LogP contribution >= 0.6 is 0 Å². The molecule has 2 rings (SSSR count). The van der Waals surface area contributed by atoms with Gasteiger partial charge in [0.1, 0.15) is 5.75 Å². The molecule has 19 heavy (non-hydrogen) atoms. The van der Waals surface area contributed by atoms with Crippen molar-refractivity contribution in [2.24, 2.45) is 0 Å². The van der Waals surface area contributed by atoms with Crippen molar-refractivity contribution in [3.8, 4) is 5.75 Å². The summed E-state index contributed by atoms with van der Waals surface area (Å²) < 4.78 is 5.31. The molecule has 0 spiro atoms. The van der Waals surface area contributed by atoms with Crippen molar-refractivity contribution >= 4 is 5.78 Å². The van der Waals surface area contributed by atoms with Crippen molar-refractivity contribution in [3.05, 3.63) is 29.3 Å². The number of hydrogen-bond acceptors (Lipinski definition) is 3. The summed E-state index contributed by atoms with van der Waals surface area (Å²) in [5, 5.41) is 0. The lowest BCUT2D eigenvalue weighted by Crippen LogP contribution is -2.34. The SMILES string of the molecule is COc1cc(C)ccc1C(=O)CN(C)C1CCCC1. The molecule has 1 saturated carbocycles. The molecule has 104 valence electrons. The molecule has 3 nitrogen and oxygen atoms in total. The van der Waals surface area contributed by atoms with Crippen LogP contribution in [0.4, 0.5) is 0 Å². The van der Waals surface area contributed by atoms with Gasteiger partial charge in [-0.2, -0.15) is 0 Å². The Bertz CT molecular complexity index is 450. The number of methoxy groups -OCH3 is 1. The maximum Gasteiger partial charge on any atom is 0.180 e. The number of carbonyl (C=O) groups is 1. The minimum absolute atomic E-state index is 0.145. The topological polar surface area (TPSA) is 29.5 Å². The first-order valence-corrected chi connectivity index (χ1v) is 7.00. The Morgan fingerprint density at radius 2 is 2.05 bits per heavy atom. The summed E-state index contributed by atoms with van der Waals surface area (Å²) in [6, 6.07) is 6.33. The second kappa shape index (κ2) is 6.20. The number of ketones is 1. The predicted octanol–water partition coefficient (Wildman–Crippen LogP) is 3.06. The number of ether oxygens (including phenoxy) is 1. The first kappa shape index (κ1) is 14.1. The van der Waals surface area contributed by atoms with Crippen molar-refractivity contribution in [3.63, 3.8) is 0 Å². The number of Topliss-reactive ketones (excluding diaryl/α,β-unsaturated/α-hetero) is 1. The third kappa shape index (κ3) is 3.35. The van der Waals surface area contributed by atoms with Gasteiger partial charge < -0.3 is 4.74 Å². The van der Waals surface area contributed by atoms with E-state index in [2.05, 4.69) is 11.9 Å². The monoisotopic (exact) mass is 261 g/mol. The van der Waals surface area contributed by atoms with Crippen molar-refractivity contribution in [2.45, 2.75) is 38.6 Å². The van der Waals surface area contributed by atoms with Gasteiger partial charge in [0.2, 0.25) is 0 Å². The summed E-state index contributed by atoms with van der Waals surface area (Å²) in [6.45, 7) is 2.48.